The van der Waals surface area contributed by atoms with Crippen molar-refractivity contribution in [2.45, 2.75) is 38.6 Å². The lowest BCUT2D eigenvalue weighted by Gasteiger charge is -2.13. The number of hydrazone groups is 1. The van der Waals surface area contributed by atoms with Crippen LogP contribution in [0.15, 0.2) is 34.3 Å². The highest BCUT2D eigenvalue weighted by Gasteiger charge is 2.19. The fourth-order valence-electron chi connectivity index (χ4n) is 2.83. The third kappa shape index (κ3) is 4.09. The summed E-state index contributed by atoms with van der Waals surface area (Å²) in [7, 11) is -4.03. The van der Waals surface area contributed by atoms with Gasteiger partial charge in [-0.25, -0.2) is 13.6 Å². The van der Waals surface area contributed by atoms with Gasteiger partial charge in [0.25, 0.3) is 5.69 Å². The number of benzene rings is 1. The first-order chi connectivity index (χ1) is 12.0. The van der Waals surface area contributed by atoms with Crippen LogP contribution < -0.4 is 10.6 Å². The van der Waals surface area contributed by atoms with E-state index >= 15 is 0 Å². The molecule has 26 heavy (non-hydrogen) atoms. The van der Waals surface area contributed by atoms with Gasteiger partial charge in [-0.15, -0.1) is 0 Å². The summed E-state index contributed by atoms with van der Waals surface area (Å²) in [6.07, 6.45) is 1.57. The Hall–Kier alpha value is -2.72. The number of nitrogens with two attached hydrogens (primary N) is 1. The van der Waals surface area contributed by atoms with Crippen molar-refractivity contribution in [3.8, 4) is 0 Å². The molecule has 0 unspecified atom stereocenters. The number of primary sulfonamides is 1. The molecule has 0 aliphatic carbocycles. The van der Waals surface area contributed by atoms with Gasteiger partial charge in [-0.05, 0) is 45.9 Å². The van der Waals surface area contributed by atoms with Gasteiger partial charge in [0.15, 0.2) is 0 Å². The Kier molecular flexibility index (Phi) is 5.47. The van der Waals surface area contributed by atoms with Gasteiger partial charge in [-0.3, -0.25) is 15.5 Å². The molecule has 2 rings (SSSR count). The van der Waals surface area contributed by atoms with Crippen molar-refractivity contribution in [2.24, 2.45) is 10.2 Å². The first kappa shape index (κ1) is 19.6. The maximum atomic E-state index is 11.3. The molecule has 9 nitrogen and oxygen atoms in total. The lowest BCUT2D eigenvalue weighted by molar-refractivity contribution is -0.384. The topological polar surface area (TPSA) is 133 Å². The zero-order valence-electron chi connectivity index (χ0n) is 14.9. The van der Waals surface area contributed by atoms with Crippen LogP contribution in [0.5, 0.6) is 0 Å². The molecule has 0 fully saturated rings. The first-order valence-electron chi connectivity index (χ1n) is 7.81. The van der Waals surface area contributed by atoms with Crippen LogP contribution in [-0.2, 0) is 10.0 Å². The Morgan fingerprint density at radius 2 is 1.96 bits per heavy atom. The molecule has 1 heterocycles. The summed E-state index contributed by atoms with van der Waals surface area (Å²) in [4.78, 5) is 10.2. The van der Waals surface area contributed by atoms with Crippen molar-refractivity contribution in [1.29, 1.82) is 0 Å². The van der Waals surface area contributed by atoms with Gasteiger partial charge < -0.3 is 4.57 Å². The van der Waals surface area contributed by atoms with E-state index in [0.717, 1.165) is 23.0 Å². The number of nitrogens with zero attached hydrogens (tertiary/aromatic N) is 3. The quantitative estimate of drug-likeness (QED) is 0.452. The zero-order valence-corrected chi connectivity index (χ0v) is 15.7. The molecule has 2 aromatic rings. The van der Waals surface area contributed by atoms with Gasteiger partial charge in [0.05, 0.1) is 16.0 Å². The number of hydrogen-bond donors (Lipinski definition) is 2. The van der Waals surface area contributed by atoms with E-state index in [-0.39, 0.29) is 10.6 Å². The highest BCUT2D eigenvalue weighted by atomic mass is 32.2. The van der Waals surface area contributed by atoms with E-state index in [1.807, 2.05) is 19.9 Å². The average Bonchev–Trinajstić information content (AvgIpc) is 2.80. The van der Waals surface area contributed by atoms with Crippen LogP contribution in [-0.4, -0.2) is 24.1 Å². The van der Waals surface area contributed by atoms with Crippen molar-refractivity contribution < 1.29 is 13.3 Å². The third-order valence-electron chi connectivity index (χ3n) is 3.92. The van der Waals surface area contributed by atoms with Gasteiger partial charge in [0.1, 0.15) is 5.69 Å². The monoisotopic (exact) mass is 379 g/mol. The number of sulfonamides is 1. The van der Waals surface area contributed by atoms with E-state index < -0.39 is 20.6 Å². The fourth-order valence-corrected chi connectivity index (χ4v) is 3.37. The van der Waals surface area contributed by atoms with Crippen molar-refractivity contribution in [1.82, 2.24) is 4.57 Å². The minimum absolute atomic E-state index is 0.0660. The van der Waals surface area contributed by atoms with Crippen LogP contribution in [0.2, 0.25) is 0 Å². The lowest BCUT2D eigenvalue weighted by atomic mass is 10.2. The average molecular weight is 379 g/mol. The second-order valence-corrected chi connectivity index (χ2v) is 7.70. The summed E-state index contributed by atoms with van der Waals surface area (Å²) in [5.74, 6) is 0. The SMILES string of the molecule is Cc1cc(/C=N\Nc2ccc(S(N)(=O)=O)cc2[N+](=O)[O-])c(C)n1C(C)C. The van der Waals surface area contributed by atoms with Crippen LogP contribution in [0, 0.1) is 24.0 Å². The van der Waals surface area contributed by atoms with Gasteiger partial charge >= 0.3 is 0 Å². The molecular formula is C16H21N5O4S. The van der Waals surface area contributed by atoms with Crippen molar-refractivity contribution in [2.75, 3.05) is 5.43 Å². The maximum Gasteiger partial charge on any atom is 0.295 e. The minimum Gasteiger partial charge on any atom is -0.346 e. The van der Waals surface area contributed by atoms with Crippen molar-refractivity contribution >= 4 is 27.6 Å². The maximum absolute atomic E-state index is 11.3. The number of rotatable bonds is 6. The molecule has 0 radical (unpaired) electrons. The number of aromatic nitrogens is 1. The van der Waals surface area contributed by atoms with E-state index in [2.05, 4.69) is 28.9 Å². The molecule has 10 heteroatoms. The van der Waals surface area contributed by atoms with E-state index in [1.165, 1.54) is 12.1 Å². The van der Waals surface area contributed by atoms with E-state index in [9.17, 15) is 18.5 Å². The van der Waals surface area contributed by atoms with E-state index in [1.54, 1.807) is 6.21 Å². The van der Waals surface area contributed by atoms with E-state index in [0.29, 0.717) is 6.04 Å². The second kappa shape index (κ2) is 7.26. The molecule has 1 aromatic carbocycles. The second-order valence-electron chi connectivity index (χ2n) is 6.14. The predicted molar refractivity (Wildman–Crippen MR) is 100.0 cm³/mol. The largest absolute Gasteiger partial charge is 0.346 e. The summed E-state index contributed by atoms with van der Waals surface area (Å²) in [5, 5.41) is 20.2. The van der Waals surface area contributed by atoms with Crippen LogP contribution in [0.1, 0.15) is 36.8 Å². The molecule has 0 saturated carbocycles. The number of hydrogen-bond acceptors (Lipinski definition) is 6. The van der Waals surface area contributed by atoms with Gasteiger partial charge in [-0.2, -0.15) is 5.10 Å². The summed E-state index contributed by atoms with van der Waals surface area (Å²) in [6, 6.07) is 5.62. The predicted octanol–water partition coefficient (Wildman–Crippen LogP) is 2.69. The van der Waals surface area contributed by atoms with Gasteiger partial charge in [-0.1, -0.05) is 0 Å². The molecular weight excluding hydrogens is 358 g/mol. The third-order valence-corrected chi connectivity index (χ3v) is 4.83. The molecule has 1 aromatic heterocycles. The Morgan fingerprint density at radius 1 is 1.31 bits per heavy atom. The van der Waals surface area contributed by atoms with Crippen molar-refractivity contribution in [3.05, 3.63) is 51.3 Å². The van der Waals surface area contributed by atoms with Crippen LogP contribution in [0.25, 0.3) is 0 Å². The van der Waals surface area contributed by atoms with Gasteiger partial charge in [0, 0.05) is 29.1 Å². The summed E-state index contributed by atoms with van der Waals surface area (Å²) in [5.41, 5.74) is 5.22. The Bertz CT molecular complexity index is 977. The highest BCUT2D eigenvalue weighted by Crippen LogP contribution is 2.27. The first-order valence-corrected chi connectivity index (χ1v) is 9.35. The highest BCUT2D eigenvalue weighted by molar-refractivity contribution is 7.89. The number of aryl methyl sites for hydroxylation is 1. The minimum atomic E-state index is -4.03. The molecule has 0 spiro atoms. The lowest BCUT2D eigenvalue weighted by Crippen LogP contribution is -2.12. The van der Waals surface area contributed by atoms with Crippen LogP contribution in [0.3, 0.4) is 0 Å². The Labute approximate surface area is 151 Å². The summed E-state index contributed by atoms with van der Waals surface area (Å²) in [6.45, 7) is 8.12. The number of anilines is 1. The molecule has 0 saturated heterocycles. The molecule has 0 atom stereocenters. The number of nitrogens with one attached hydrogen (secondary N) is 1. The normalized spacial score (nSPS) is 12.1. The zero-order chi connectivity index (χ0) is 19.6. The Balaban J connectivity index is 2.31. The van der Waals surface area contributed by atoms with E-state index in [4.69, 9.17) is 5.14 Å². The standard InChI is InChI=1S/C16H21N5O4S/c1-10(2)20-11(3)7-13(12(20)4)9-18-19-15-6-5-14(26(17,24)25)8-16(15)21(22)23/h5-10,19H,1-4H3,(H2,17,24,25)/b18-9-. The Morgan fingerprint density at radius 3 is 2.46 bits per heavy atom. The summed E-state index contributed by atoms with van der Waals surface area (Å²) < 4.78 is 24.9. The molecule has 0 aliphatic heterocycles. The molecule has 3 N–H and O–H groups in total. The molecule has 140 valence electrons. The fraction of sp³-hybridized carbons (Fsp3) is 0.312. The van der Waals surface area contributed by atoms with Gasteiger partial charge in [0.2, 0.25) is 10.0 Å². The number of nitro groups is 1. The van der Waals surface area contributed by atoms with Crippen LogP contribution in [0.4, 0.5) is 11.4 Å². The smallest absolute Gasteiger partial charge is 0.295 e. The van der Waals surface area contributed by atoms with Crippen LogP contribution >= 0.6 is 0 Å². The van der Waals surface area contributed by atoms with Crippen molar-refractivity contribution in [3.63, 3.8) is 0 Å². The molecule has 0 bridgehead atoms. The molecule has 0 amide bonds. The number of nitro benzene ring substituents is 1. The molecule has 0 aliphatic rings. The summed E-state index contributed by atoms with van der Waals surface area (Å²) >= 11 is 0.